The molecule has 0 amide bonds. The molecule has 0 aliphatic carbocycles. The number of ether oxygens (including phenoxy) is 2. The van der Waals surface area contributed by atoms with Gasteiger partial charge in [-0.1, -0.05) is 19.9 Å². The van der Waals surface area contributed by atoms with Gasteiger partial charge in [-0.15, -0.1) is 0 Å². The van der Waals surface area contributed by atoms with Crippen LogP contribution in [0.5, 0.6) is 11.5 Å². The second-order valence-electron chi connectivity index (χ2n) is 8.04. The molecule has 3 aromatic rings. The molecule has 30 heavy (non-hydrogen) atoms. The van der Waals surface area contributed by atoms with E-state index in [4.69, 9.17) is 13.9 Å². The monoisotopic (exact) mass is 409 g/mol. The Balaban J connectivity index is 1.88. The second kappa shape index (κ2) is 9.35. The van der Waals surface area contributed by atoms with Crippen LogP contribution >= 0.6 is 0 Å². The molecule has 5 nitrogen and oxygen atoms in total. The first-order valence-electron chi connectivity index (χ1n) is 10.4. The zero-order chi connectivity index (χ0) is 21.8. The molecule has 2 aromatic carbocycles. The molecular formula is C25H31NO4. The minimum Gasteiger partial charge on any atom is -0.493 e. The Kier molecular flexibility index (Phi) is 6.83. The average molecular weight is 410 g/mol. The van der Waals surface area contributed by atoms with Gasteiger partial charge in [-0.3, -0.25) is 4.90 Å². The number of nitrogens with zero attached hydrogens (tertiary/aromatic N) is 1. The van der Waals surface area contributed by atoms with Crippen LogP contribution in [-0.2, 0) is 13.1 Å². The van der Waals surface area contributed by atoms with E-state index in [1.165, 1.54) is 5.56 Å². The van der Waals surface area contributed by atoms with Gasteiger partial charge in [0.2, 0.25) is 0 Å². The van der Waals surface area contributed by atoms with E-state index in [-0.39, 0.29) is 5.63 Å². The molecule has 5 heteroatoms. The SMILES string of the molecule is CCOc1ccc(CN(C)Cc2cc(=O)oc3cc(C)c(C(C)C)cc23)cc1OC. The van der Waals surface area contributed by atoms with Crippen LogP contribution in [0.15, 0.2) is 45.6 Å². The zero-order valence-electron chi connectivity index (χ0n) is 18.7. The van der Waals surface area contributed by atoms with Crippen LogP contribution in [0, 0.1) is 6.92 Å². The first-order valence-corrected chi connectivity index (χ1v) is 10.4. The first-order chi connectivity index (χ1) is 14.3. The minimum atomic E-state index is -0.315. The third-order valence-corrected chi connectivity index (χ3v) is 5.26. The molecule has 0 aliphatic heterocycles. The third kappa shape index (κ3) is 4.85. The highest BCUT2D eigenvalue weighted by Gasteiger charge is 2.14. The Morgan fingerprint density at radius 3 is 2.50 bits per heavy atom. The Hall–Kier alpha value is -2.79. The molecule has 0 saturated carbocycles. The van der Waals surface area contributed by atoms with E-state index in [1.54, 1.807) is 13.2 Å². The summed E-state index contributed by atoms with van der Waals surface area (Å²) in [7, 11) is 3.69. The summed E-state index contributed by atoms with van der Waals surface area (Å²) in [6, 6.07) is 11.7. The normalized spacial score (nSPS) is 11.5. The summed E-state index contributed by atoms with van der Waals surface area (Å²) >= 11 is 0. The summed E-state index contributed by atoms with van der Waals surface area (Å²) in [6.07, 6.45) is 0. The van der Waals surface area contributed by atoms with Crippen molar-refractivity contribution in [2.45, 2.75) is 46.7 Å². The number of methoxy groups -OCH3 is 1. The number of benzene rings is 2. The van der Waals surface area contributed by atoms with E-state index in [0.29, 0.717) is 31.2 Å². The lowest BCUT2D eigenvalue weighted by Crippen LogP contribution is -2.18. The summed E-state index contributed by atoms with van der Waals surface area (Å²) in [6.45, 7) is 10.3. The fourth-order valence-electron chi connectivity index (χ4n) is 3.89. The molecule has 0 atom stereocenters. The van der Waals surface area contributed by atoms with Crippen molar-refractivity contribution in [2.75, 3.05) is 20.8 Å². The van der Waals surface area contributed by atoms with Crippen molar-refractivity contribution < 1.29 is 13.9 Å². The topological polar surface area (TPSA) is 51.9 Å². The number of rotatable bonds is 8. The van der Waals surface area contributed by atoms with E-state index < -0.39 is 0 Å². The van der Waals surface area contributed by atoms with Crippen molar-refractivity contribution in [3.63, 3.8) is 0 Å². The summed E-state index contributed by atoms with van der Waals surface area (Å²) in [5, 5.41) is 1.00. The lowest BCUT2D eigenvalue weighted by atomic mass is 9.95. The summed E-state index contributed by atoms with van der Waals surface area (Å²) in [5.74, 6) is 1.88. The predicted octanol–water partition coefficient (Wildman–Crippen LogP) is 5.26. The maximum absolute atomic E-state index is 12.1. The largest absolute Gasteiger partial charge is 0.493 e. The summed E-state index contributed by atoms with van der Waals surface area (Å²) in [4.78, 5) is 14.3. The number of fused-ring (bicyclic) bond motifs is 1. The van der Waals surface area contributed by atoms with Crippen molar-refractivity contribution in [3.05, 3.63) is 69.1 Å². The molecule has 3 rings (SSSR count). The molecule has 0 radical (unpaired) electrons. The first kappa shape index (κ1) is 21.9. The van der Waals surface area contributed by atoms with Gasteiger partial charge in [0.1, 0.15) is 5.58 Å². The molecule has 0 bridgehead atoms. The van der Waals surface area contributed by atoms with Crippen molar-refractivity contribution in [2.24, 2.45) is 0 Å². The van der Waals surface area contributed by atoms with Gasteiger partial charge in [0, 0.05) is 24.5 Å². The van der Waals surface area contributed by atoms with E-state index in [2.05, 4.69) is 31.7 Å². The van der Waals surface area contributed by atoms with Crippen LogP contribution in [0.4, 0.5) is 0 Å². The molecule has 0 aliphatic rings. The molecule has 0 saturated heterocycles. The van der Waals surface area contributed by atoms with Crippen molar-refractivity contribution >= 4 is 11.0 Å². The van der Waals surface area contributed by atoms with Crippen molar-refractivity contribution in [1.29, 1.82) is 0 Å². The standard InChI is InChI=1S/C25H31NO4/c1-7-29-22-9-8-18(11-24(22)28-6)14-26(5)15-19-12-25(27)30-23-10-17(4)20(16(2)3)13-21(19)23/h8-13,16H,7,14-15H2,1-6H3. The van der Waals surface area contributed by atoms with E-state index in [1.807, 2.05) is 38.2 Å². The molecule has 160 valence electrons. The number of hydrogen-bond acceptors (Lipinski definition) is 5. The van der Waals surface area contributed by atoms with Gasteiger partial charge >= 0.3 is 5.63 Å². The summed E-state index contributed by atoms with van der Waals surface area (Å²) < 4.78 is 16.5. The van der Waals surface area contributed by atoms with Crippen LogP contribution < -0.4 is 15.1 Å². The minimum absolute atomic E-state index is 0.315. The highest BCUT2D eigenvalue weighted by molar-refractivity contribution is 5.82. The van der Waals surface area contributed by atoms with Crippen molar-refractivity contribution in [3.8, 4) is 11.5 Å². The highest BCUT2D eigenvalue weighted by Crippen LogP contribution is 2.30. The molecule has 0 spiro atoms. The Labute approximate surface area is 178 Å². The van der Waals surface area contributed by atoms with Crippen LogP contribution in [0.3, 0.4) is 0 Å². The lowest BCUT2D eigenvalue weighted by Gasteiger charge is -2.19. The molecule has 0 N–H and O–H groups in total. The third-order valence-electron chi connectivity index (χ3n) is 5.26. The molecule has 0 fully saturated rings. The van der Waals surface area contributed by atoms with Crippen LogP contribution in [0.1, 0.15) is 48.9 Å². The van der Waals surface area contributed by atoms with Crippen molar-refractivity contribution in [1.82, 2.24) is 4.90 Å². The van der Waals surface area contributed by atoms with Crippen LogP contribution in [0.25, 0.3) is 11.0 Å². The molecular weight excluding hydrogens is 378 g/mol. The van der Waals surface area contributed by atoms with Gasteiger partial charge < -0.3 is 13.9 Å². The van der Waals surface area contributed by atoms with Gasteiger partial charge in [0.15, 0.2) is 11.5 Å². The van der Waals surface area contributed by atoms with E-state index in [9.17, 15) is 4.79 Å². The van der Waals surface area contributed by atoms with Crippen LogP contribution in [0.2, 0.25) is 0 Å². The average Bonchev–Trinajstić information content (AvgIpc) is 2.68. The molecule has 0 unspecified atom stereocenters. The van der Waals surface area contributed by atoms with Gasteiger partial charge in [0.25, 0.3) is 0 Å². The second-order valence-corrected chi connectivity index (χ2v) is 8.04. The van der Waals surface area contributed by atoms with Gasteiger partial charge in [-0.2, -0.15) is 0 Å². The number of hydrogen-bond donors (Lipinski definition) is 0. The fraction of sp³-hybridized carbons (Fsp3) is 0.400. The van der Waals surface area contributed by atoms with E-state index in [0.717, 1.165) is 33.6 Å². The zero-order valence-corrected chi connectivity index (χ0v) is 18.7. The number of aryl methyl sites for hydroxylation is 1. The van der Waals surface area contributed by atoms with Crippen LogP contribution in [-0.4, -0.2) is 25.7 Å². The van der Waals surface area contributed by atoms with Gasteiger partial charge in [-0.25, -0.2) is 4.79 Å². The maximum atomic E-state index is 12.1. The molecule has 1 heterocycles. The van der Waals surface area contributed by atoms with Gasteiger partial charge in [-0.05, 0) is 73.3 Å². The Morgan fingerprint density at radius 2 is 1.83 bits per heavy atom. The Bertz CT molecular complexity index is 1080. The Morgan fingerprint density at radius 1 is 1.07 bits per heavy atom. The molecule has 1 aromatic heterocycles. The van der Waals surface area contributed by atoms with Gasteiger partial charge in [0.05, 0.1) is 13.7 Å². The highest BCUT2D eigenvalue weighted by atomic mass is 16.5. The predicted molar refractivity (Wildman–Crippen MR) is 121 cm³/mol. The fourth-order valence-corrected chi connectivity index (χ4v) is 3.89. The van der Waals surface area contributed by atoms with E-state index >= 15 is 0 Å². The maximum Gasteiger partial charge on any atom is 0.336 e. The quantitative estimate of drug-likeness (QED) is 0.475. The summed E-state index contributed by atoms with van der Waals surface area (Å²) in [5.41, 5.74) is 4.84. The lowest BCUT2D eigenvalue weighted by molar-refractivity contribution is 0.305. The smallest absolute Gasteiger partial charge is 0.336 e.